The summed E-state index contributed by atoms with van der Waals surface area (Å²) in [7, 11) is 0. The van der Waals surface area contributed by atoms with Crippen LogP contribution < -0.4 is 4.74 Å². The van der Waals surface area contributed by atoms with Crippen molar-refractivity contribution in [3.8, 4) is 83.6 Å². The van der Waals surface area contributed by atoms with E-state index in [1.807, 2.05) is 0 Å². The molecule has 0 fully saturated rings. The maximum atomic E-state index is 5.99. The highest BCUT2D eigenvalue weighted by Gasteiger charge is 2.07. The molecule has 8 rings (SSSR count). The summed E-state index contributed by atoms with van der Waals surface area (Å²) in [5.74, 6) is 0.951. The molecule has 2 heteroatoms. The van der Waals surface area contributed by atoms with Crippen LogP contribution in [0.3, 0.4) is 0 Å². The molecule has 0 atom stereocenters. The molecule has 0 N–H and O–H groups in total. The Morgan fingerprint density at radius 3 is 0.741 bits per heavy atom. The summed E-state index contributed by atoms with van der Waals surface area (Å²) < 4.78 is 7.08. The highest BCUT2D eigenvalue weighted by molar-refractivity contribution is 9.10. The van der Waals surface area contributed by atoms with E-state index in [-0.39, 0.29) is 0 Å². The maximum Gasteiger partial charge on any atom is 0.119 e. The smallest absolute Gasteiger partial charge is 0.119 e. The lowest BCUT2D eigenvalue weighted by Crippen LogP contribution is -1.97. The van der Waals surface area contributed by atoms with Gasteiger partial charge in [0.15, 0.2) is 0 Å². The summed E-state index contributed by atoms with van der Waals surface area (Å²) in [5, 5.41) is 0. The molecule has 0 aliphatic rings. The molecule has 8 aromatic carbocycles. The van der Waals surface area contributed by atoms with Gasteiger partial charge >= 0.3 is 0 Å². The average molecular weight is 818 g/mol. The van der Waals surface area contributed by atoms with E-state index in [1.54, 1.807) is 0 Å². The Morgan fingerprint density at radius 1 is 0.276 bits per heavy atom. The molecule has 58 heavy (non-hydrogen) atoms. The van der Waals surface area contributed by atoms with Crippen molar-refractivity contribution in [1.29, 1.82) is 0 Å². The average Bonchev–Trinajstić information content (AvgIpc) is 3.30. The van der Waals surface area contributed by atoms with Crippen LogP contribution in [0.5, 0.6) is 5.75 Å². The Kier molecular flexibility index (Phi) is 12.7. The van der Waals surface area contributed by atoms with Crippen LogP contribution in [0.25, 0.3) is 77.9 Å². The highest BCUT2D eigenvalue weighted by atomic mass is 79.9. The van der Waals surface area contributed by atoms with E-state index in [0.29, 0.717) is 0 Å². The van der Waals surface area contributed by atoms with Crippen LogP contribution in [0.2, 0.25) is 0 Å². The van der Waals surface area contributed by atoms with Gasteiger partial charge in [-0.15, -0.1) is 0 Å². The fraction of sp³-hybridized carbons (Fsp3) is 0.143. The van der Waals surface area contributed by atoms with Crippen LogP contribution in [-0.2, 0) is 0 Å². The zero-order chi connectivity index (χ0) is 39.5. The standard InChI is InChI=1S/C56H49BrO/c1-2-3-4-5-6-7-40-58-56-38-34-54(35-39-56)52-30-26-50(27-31-52)48-22-18-46(19-23-48)44-14-10-42(11-15-44)41-8-12-43(13-9-41)45-16-20-47(21-17-45)49-24-28-51(29-25-49)53-32-36-55(57)37-33-53/h8-39H,2-7,40H2,1H3. The number of ether oxygens (including phenoxy) is 1. The summed E-state index contributed by atoms with van der Waals surface area (Å²) in [6, 6.07) is 70.2. The number of rotatable bonds is 15. The van der Waals surface area contributed by atoms with Crippen LogP contribution in [0.4, 0.5) is 0 Å². The zero-order valence-corrected chi connectivity index (χ0v) is 34.8. The Morgan fingerprint density at radius 2 is 0.483 bits per heavy atom. The third kappa shape index (κ3) is 9.76. The number of halogens is 1. The number of benzene rings is 8. The van der Waals surface area contributed by atoms with E-state index >= 15 is 0 Å². The van der Waals surface area contributed by atoms with E-state index < -0.39 is 0 Å². The molecule has 0 amide bonds. The number of hydrogen-bond donors (Lipinski definition) is 0. The van der Waals surface area contributed by atoms with Crippen molar-refractivity contribution >= 4 is 15.9 Å². The second-order valence-corrected chi connectivity index (χ2v) is 16.0. The van der Waals surface area contributed by atoms with E-state index in [9.17, 15) is 0 Å². The SMILES string of the molecule is CCCCCCCCOc1ccc(-c2ccc(-c3ccc(-c4ccc(-c5ccc(-c6ccc(-c7ccc(-c8ccc(Br)cc8)cc7)cc6)cc5)cc4)cc3)cc2)cc1. The number of hydrogen-bond acceptors (Lipinski definition) is 1. The van der Waals surface area contributed by atoms with Crippen LogP contribution in [0.15, 0.2) is 199 Å². The quantitative estimate of drug-likeness (QED) is 0.0937. The second-order valence-electron chi connectivity index (χ2n) is 15.1. The van der Waals surface area contributed by atoms with Gasteiger partial charge in [-0.05, 0) is 109 Å². The lowest BCUT2D eigenvalue weighted by Gasteiger charge is -2.10. The molecule has 0 aromatic heterocycles. The minimum atomic E-state index is 0.794. The Labute approximate surface area is 353 Å². The van der Waals surface area contributed by atoms with Crippen molar-refractivity contribution < 1.29 is 4.74 Å². The lowest BCUT2D eigenvalue weighted by molar-refractivity contribution is 0.304. The first-order valence-corrected chi connectivity index (χ1v) is 21.5. The van der Waals surface area contributed by atoms with Crippen LogP contribution in [0.1, 0.15) is 45.4 Å². The molecule has 0 heterocycles. The van der Waals surface area contributed by atoms with Gasteiger partial charge in [-0.25, -0.2) is 0 Å². The van der Waals surface area contributed by atoms with E-state index in [2.05, 4.69) is 217 Å². The third-order valence-electron chi connectivity index (χ3n) is 11.1. The zero-order valence-electron chi connectivity index (χ0n) is 33.2. The molecule has 0 saturated carbocycles. The van der Waals surface area contributed by atoms with Crippen molar-refractivity contribution in [3.05, 3.63) is 199 Å². The van der Waals surface area contributed by atoms with Gasteiger partial charge in [0.2, 0.25) is 0 Å². The molecule has 0 aliphatic heterocycles. The summed E-state index contributed by atoms with van der Waals surface area (Å²) in [6.07, 6.45) is 7.66. The largest absolute Gasteiger partial charge is 0.494 e. The molecule has 286 valence electrons. The van der Waals surface area contributed by atoms with Gasteiger partial charge < -0.3 is 4.74 Å². The summed E-state index contributed by atoms with van der Waals surface area (Å²) >= 11 is 3.53. The lowest BCUT2D eigenvalue weighted by atomic mass is 9.95. The predicted molar refractivity (Wildman–Crippen MR) is 251 cm³/mol. The van der Waals surface area contributed by atoms with Crippen molar-refractivity contribution in [2.45, 2.75) is 45.4 Å². The fourth-order valence-electron chi connectivity index (χ4n) is 7.59. The molecule has 0 radical (unpaired) electrons. The molecule has 1 nitrogen and oxygen atoms in total. The third-order valence-corrected chi connectivity index (χ3v) is 11.6. The van der Waals surface area contributed by atoms with Crippen LogP contribution in [0, 0.1) is 0 Å². The first-order chi connectivity index (χ1) is 28.6. The van der Waals surface area contributed by atoms with E-state index in [4.69, 9.17) is 4.74 Å². The monoisotopic (exact) mass is 816 g/mol. The first kappa shape index (κ1) is 38.9. The van der Waals surface area contributed by atoms with Gasteiger partial charge in [-0.1, -0.05) is 225 Å². The Balaban J connectivity index is 0.844. The van der Waals surface area contributed by atoms with Gasteiger partial charge in [-0.3, -0.25) is 0 Å². The van der Waals surface area contributed by atoms with Crippen molar-refractivity contribution in [3.63, 3.8) is 0 Å². The van der Waals surface area contributed by atoms with E-state index in [1.165, 1.54) is 110 Å². The van der Waals surface area contributed by atoms with Gasteiger partial charge in [0, 0.05) is 4.47 Å². The maximum absolute atomic E-state index is 5.99. The topological polar surface area (TPSA) is 9.23 Å². The van der Waals surface area contributed by atoms with Gasteiger partial charge in [0.1, 0.15) is 5.75 Å². The fourth-order valence-corrected chi connectivity index (χ4v) is 7.85. The second kappa shape index (κ2) is 19.0. The van der Waals surface area contributed by atoms with Gasteiger partial charge in [0.05, 0.1) is 6.61 Å². The molecular formula is C56H49BrO. The Hall–Kier alpha value is -5.96. The Bertz CT molecular complexity index is 2480. The predicted octanol–water partition coefficient (Wildman–Crippen LogP) is 16.9. The molecular weight excluding hydrogens is 769 g/mol. The van der Waals surface area contributed by atoms with Crippen LogP contribution >= 0.6 is 15.9 Å². The normalized spacial score (nSPS) is 11.1. The summed E-state index contributed by atoms with van der Waals surface area (Å²) in [6.45, 7) is 3.05. The molecule has 8 aromatic rings. The van der Waals surface area contributed by atoms with E-state index in [0.717, 1.165) is 23.2 Å². The van der Waals surface area contributed by atoms with Gasteiger partial charge in [-0.2, -0.15) is 0 Å². The van der Waals surface area contributed by atoms with Crippen molar-refractivity contribution in [1.82, 2.24) is 0 Å². The molecule has 0 bridgehead atoms. The minimum absolute atomic E-state index is 0.794. The first-order valence-electron chi connectivity index (χ1n) is 20.7. The summed E-state index contributed by atoms with van der Waals surface area (Å²) in [5.41, 5.74) is 17.0. The highest BCUT2D eigenvalue weighted by Crippen LogP contribution is 2.32. The van der Waals surface area contributed by atoms with Gasteiger partial charge in [0.25, 0.3) is 0 Å². The number of unbranched alkanes of at least 4 members (excludes halogenated alkanes) is 5. The minimum Gasteiger partial charge on any atom is -0.494 e. The summed E-state index contributed by atoms with van der Waals surface area (Å²) in [4.78, 5) is 0. The molecule has 0 spiro atoms. The molecule has 0 saturated heterocycles. The van der Waals surface area contributed by atoms with Crippen molar-refractivity contribution in [2.24, 2.45) is 0 Å². The van der Waals surface area contributed by atoms with Crippen LogP contribution in [-0.4, -0.2) is 6.61 Å². The molecule has 0 aliphatic carbocycles. The van der Waals surface area contributed by atoms with Crippen molar-refractivity contribution in [2.75, 3.05) is 6.61 Å². The molecule has 0 unspecified atom stereocenters.